The molecule has 0 amide bonds. The molecular formula is C17H13F6NO5S. The lowest BCUT2D eigenvalue weighted by atomic mass is 9.92. The van der Waals surface area contributed by atoms with E-state index in [0.29, 0.717) is 16.4 Å². The molecule has 0 radical (unpaired) electrons. The molecule has 6 nitrogen and oxygen atoms in total. The first kappa shape index (κ1) is 23.5. The first-order valence-electron chi connectivity index (χ1n) is 7.88. The smallest absolute Gasteiger partial charge is 0.430 e. The van der Waals surface area contributed by atoms with E-state index in [1.54, 1.807) is 0 Å². The number of carboxylic acid groups (broad SMARTS) is 1. The molecule has 0 saturated heterocycles. The normalized spacial score (nSPS) is 13.2. The first-order valence-corrected chi connectivity index (χ1v) is 9.32. The van der Waals surface area contributed by atoms with Gasteiger partial charge in [0.1, 0.15) is 6.54 Å². The summed E-state index contributed by atoms with van der Waals surface area (Å²) in [5, 5.41) is 18.4. The second-order valence-corrected chi connectivity index (χ2v) is 7.83. The molecule has 0 unspecified atom stereocenters. The van der Waals surface area contributed by atoms with Gasteiger partial charge in [-0.25, -0.2) is 8.42 Å². The number of anilines is 1. The first-order chi connectivity index (χ1) is 13.6. The van der Waals surface area contributed by atoms with Crippen LogP contribution in [0.25, 0.3) is 0 Å². The van der Waals surface area contributed by atoms with E-state index in [2.05, 4.69) is 0 Å². The minimum Gasteiger partial charge on any atom is -0.480 e. The minimum atomic E-state index is -6.12. The molecule has 30 heavy (non-hydrogen) atoms. The lowest BCUT2D eigenvalue weighted by Gasteiger charge is -2.33. The van der Waals surface area contributed by atoms with Gasteiger partial charge in [-0.1, -0.05) is 30.3 Å². The molecule has 0 heterocycles. The lowest BCUT2D eigenvalue weighted by Crippen LogP contribution is -2.53. The van der Waals surface area contributed by atoms with Crippen LogP contribution < -0.4 is 4.31 Å². The highest BCUT2D eigenvalue weighted by Crippen LogP contribution is 2.50. The zero-order valence-corrected chi connectivity index (χ0v) is 15.5. The molecule has 164 valence electrons. The summed E-state index contributed by atoms with van der Waals surface area (Å²) in [6.45, 7) is -1.15. The zero-order chi connectivity index (χ0) is 23.0. The van der Waals surface area contributed by atoms with Crippen LogP contribution in [0.4, 0.5) is 32.0 Å². The molecule has 0 saturated carbocycles. The van der Waals surface area contributed by atoms with Crippen molar-refractivity contribution >= 4 is 21.7 Å². The van der Waals surface area contributed by atoms with Crippen molar-refractivity contribution in [3.8, 4) is 0 Å². The number of carbonyl (C=O) groups is 1. The van der Waals surface area contributed by atoms with Crippen LogP contribution in [0.1, 0.15) is 5.56 Å². The second kappa shape index (κ2) is 7.80. The maximum atomic E-state index is 13.0. The minimum absolute atomic E-state index is 0.228. The third-order valence-corrected chi connectivity index (χ3v) is 5.79. The van der Waals surface area contributed by atoms with Gasteiger partial charge in [0.25, 0.3) is 15.6 Å². The summed E-state index contributed by atoms with van der Waals surface area (Å²) in [4.78, 5) is 10.8. The van der Waals surface area contributed by atoms with E-state index in [-0.39, 0.29) is 17.0 Å². The zero-order valence-electron chi connectivity index (χ0n) is 14.6. The predicted molar refractivity (Wildman–Crippen MR) is 91.1 cm³/mol. The van der Waals surface area contributed by atoms with Gasteiger partial charge in [0, 0.05) is 5.56 Å². The third-order valence-electron chi connectivity index (χ3n) is 4.00. The van der Waals surface area contributed by atoms with Gasteiger partial charge < -0.3 is 10.2 Å². The Kier molecular flexibility index (Phi) is 6.10. The summed E-state index contributed by atoms with van der Waals surface area (Å²) in [6, 6.07) is 7.95. The number of hydrogen-bond donors (Lipinski definition) is 2. The fraction of sp³-hybridized carbons (Fsp3) is 0.235. The van der Waals surface area contributed by atoms with Gasteiger partial charge in [-0.2, -0.15) is 26.3 Å². The maximum Gasteiger partial charge on any atom is 0.430 e. The number of nitrogens with zero attached hydrogens (tertiary/aromatic N) is 1. The molecule has 2 N–H and O–H groups in total. The number of hydrogen-bond acceptors (Lipinski definition) is 4. The summed E-state index contributed by atoms with van der Waals surface area (Å²) in [7, 11) is -4.51. The number of sulfonamides is 1. The van der Waals surface area contributed by atoms with Crippen molar-refractivity contribution in [2.45, 2.75) is 22.8 Å². The van der Waals surface area contributed by atoms with Gasteiger partial charge in [0.05, 0.1) is 10.6 Å². The summed E-state index contributed by atoms with van der Waals surface area (Å²) < 4.78 is 104. The van der Waals surface area contributed by atoms with E-state index in [9.17, 15) is 44.7 Å². The van der Waals surface area contributed by atoms with Gasteiger partial charge in [-0.05, 0) is 24.3 Å². The molecule has 0 aliphatic rings. The largest absolute Gasteiger partial charge is 0.480 e. The highest BCUT2D eigenvalue weighted by atomic mass is 32.2. The van der Waals surface area contributed by atoms with Gasteiger partial charge in [0.2, 0.25) is 0 Å². The molecule has 2 aromatic carbocycles. The van der Waals surface area contributed by atoms with Crippen molar-refractivity contribution in [3.63, 3.8) is 0 Å². The van der Waals surface area contributed by atoms with E-state index in [1.807, 2.05) is 0 Å². The number of alkyl halides is 6. The number of benzene rings is 2. The van der Waals surface area contributed by atoms with Crippen LogP contribution in [0.5, 0.6) is 0 Å². The second-order valence-electron chi connectivity index (χ2n) is 5.97. The van der Waals surface area contributed by atoms with Crippen LogP contribution in [0, 0.1) is 0 Å². The Morgan fingerprint density at radius 2 is 1.33 bits per heavy atom. The average Bonchev–Trinajstić information content (AvgIpc) is 2.64. The van der Waals surface area contributed by atoms with E-state index in [4.69, 9.17) is 5.11 Å². The maximum absolute atomic E-state index is 13.0. The van der Waals surface area contributed by atoms with Crippen LogP contribution in [-0.4, -0.2) is 43.5 Å². The monoisotopic (exact) mass is 457 g/mol. The predicted octanol–water partition coefficient (Wildman–Crippen LogP) is 3.28. The highest BCUT2D eigenvalue weighted by Gasteiger charge is 2.71. The molecule has 0 spiro atoms. The fourth-order valence-electron chi connectivity index (χ4n) is 2.51. The number of aliphatic hydroxyl groups is 1. The van der Waals surface area contributed by atoms with E-state index in [0.717, 1.165) is 12.1 Å². The molecular weight excluding hydrogens is 444 g/mol. The number of carboxylic acids is 1. The number of rotatable bonds is 6. The SMILES string of the molecule is O=C(O)CN(c1ccc(C(O)(C(F)(F)F)C(F)(F)F)cc1)S(=O)(=O)c1ccccc1. The number of halogens is 6. The van der Waals surface area contributed by atoms with Gasteiger partial charge in [0.15, 0.2) is 0 Å². The highest BCUT2D eigenvalue weighted by molar-refractivity contribution is 7.92. The molecule has 0 aliphatic carbocycles. The standard InChI is InChI=1S/C17H13F6NO5S/c18-16(19,20)15(27,17(21,22)23)11-6-8-12(9-7-11)24(10-14(25)26)30(28,29)13-4-2-1-3-5-13/h1-9,27H,10H2,(H,25,26). The number of aliphatic carboxylic acids is 1. The molecule has 0 aromatic heterocycles. The van der Waals surface area contributed by atoms with E-state index < -0.39 is 51.7 Å². The Balaban J connectivity index is 2.58. The lowest BCUT2D eigenvalue weighted by molar-refractivity contribution is -0.376. The van der Waals surface area contributed by atoms with Crippen LogP contribution in [0.2, 0.25) is 0 Å². The van der Waals surface area contributed by atoms with Crippen molar-refractivity contribution in [2.24, 2.45) is 0 Å². The molecule has 0 aliphatic heterocycles. The molecule has 13 heteroatoms. The molecule has 2 aromatic rings. The Hall–Kier alpha value is -2.80. The van der Waals surface area contributed by atoms with Crippen LogP contribution in [0.15, 0.2) is 59.5 Å². The average molecular weight is 457 g/mol. The van der Waals surface area contributed by atoms with Gasteiger partial charge in [-0.3, -0.25) is 9.10 Å². The van der Waals surface area contributed by atoms with Gasteiger partial charge >= 0.3 is 18.3 Å². The van der Waals surface area contributed by atoms with Crippen molar-refractivity contribution in [1.29, 1.82) is 0 Å². The van der Waals surface area contributed by atoms with Crippen LogP contribution >= 0.6 is 0 Å². The molecule has 0 fully saturated rings. The third kappa shape index (κ3) is 4.21. The Morgan fingerprint density at radius 1 is 0.867 bits per heavy atom. The Labute approximate surface area is 166 Å². The summed E-state index contributed by atoms with van der Waals surface area (Å²) in [5.74, 6) is -1.62. The molecule has 2 rings (SSSR count). The fourth-order valence-corrected chi connectivity index (χ4v) is 3.95. The summed E-state index contributed by atoms with van der Waals surface area (Å²) in [6.07, 6.45) is -12.2. The quantitative estimate of drug-likeness (QED) is 0.650. The van der Waals surface area contributed by atoms with Crippen LogP contribution in [0.3, 0.4) is 0 Å². The topological polar surface area (TPSA) is 94.9 Å². The summed E-state index contributed by atoms with van der Waals surface area (Å²) in [5.41, 5.74) is -7.33. The Bertz CT molecular complexity index is 990. The molecule has 0 atom stereocenters. The van der Waals surface area contributed by atoms with E-state index >= 15 is 0 Å². The van der Waals surface area contributed by atoms with Crippen molar-refractivity contribution in [3.05, 3.63) is 60.2 Å². The van der Waals surface area contributed by atoms with Crippen molar-refractivity contribution in [2.75, 3.05) is 10.8 Å². The summed E-state index contributed by atoms with van der Waals surface area (Å²) >= 11 is 0. The Morgan fingerprint density at radius 3 is 1.73 bits per heavy atom. The van der Waals surface area contributed by atoms with Crippen molar-refractivity contribution in [1.82, 2.24) is 0 Å². The molecule has 0 bridgehead atoms. The van der Waals surface area contributed by atoms with E-state index in [1.165, 1.54) is 18.2 Å². The van der Waals surface area contributed by atoms with Gasteiger partial charge in [-0.15, -0.1) is 0 Å². The van der Waals surface area contributed by atoms with Crippen LogP contribution in [-0.2, 0) is 20.4 Å². The van der Waals surface area contributed by atoms with Crippen molar-refractivity contribution < 1.29 is 49.8 Å².